The number of hydrogen-bond acceptors (Lipinski definition) is 3. The zero-order valence-corrected chi connectivity index (χ0v) is 9.26. The number of nitrogens with two attached hydrogens (primary N) is 1. The Bertz CT molecular complexity index is 497. The second-order valence-corrected chi connectivity index (χ2v) is 4.58. The van der Waals surface area contributed by atoms with Crippen molar-refractivity contribution in [3.05, 3.63) is 24.3 Å². The Morgan fingerprint density at radius 2 is 1.88 bits per heavy atom. The van der Waals surface area contributed by atoms with E-state index in [2.05, 4.69) is 9.97 Å². The molecular weight excluding hydrogens is 200 g/mol. The molecule has 0 amide bonds. The normalized spacial score (nSPS) is 18.0. The highest BCUT2D eigenvalue weighted by atomic mass is 15.1. The summed E-state index contributed by atoms with van der Waals surface area (Å²) in [5.41, 5.74) is 7.74. The van der Waals surface area contributed by atoms with E-state index in [1.54, 1.807) is 6.20 Å². The van der Waals surface area contributed by atoms with Gasteiger partial charge >= 0.3 is 0 Å². The predicted molar refractivity (Wildman–Crippen MR) is 63.2 cm³/mol. The first-order chi connectivity index (χ1) is 7.84. The third-order valence-electron chi connectivity index (χ3n) is 3.44. The van der Waals surface area contributed by atoms with E-state index in [1.807, 2.05) is 16.8 Å². The highest BCUT2D eigenvalue weighted by Gasteiger charge is 2.19. The quantitative estimate of drug-likeness (QED) is 0.796. The van der Waals surface area contributed by atoms with E-state index in [0.717, 1.165) is 5.78 Å². The molecule has 0 aromatic carbocycles. The molecule has 0 bridgehead atoms. The van der Waals surface area contributed by atoms with Crippen molar-refractivity contribution in [2.75, 3.05) is 5.73 Å². The van der Waals surface area contributed by atoms with Gasteiger partial charge in [-0.3, -0.25) is 4.40 Å². The Kier molecular flexibility index (Phi) is 2.27. The van der Waals surface area contributed by atoms with Gasteiger partial charge in [0.15, 0.2) is 0 Å². The summed E-state index contributed by atoms with van der Waals surface area (Å²) in [4.78, 5) is 8.55. The number of rotatable bonds is 1. The Morgan fingerprint density at radius 3 is 2.69 bits per heavy atom. The van der Waals surface area contributed by atoms with E-state index in [1.165, 1.54) is 37.8 Å². The Balaban J connectivity index is 2.05. The molecule has 1 aliphatic carbocycles. The maximum absolute atomic E-state index is 5.77. The molecule has 0 saturated heterocycles. The standard InChI is InChI=1S/C12H16N4/c13-10-6-14-12-15-7-11(16(12)8-10)9-4-2-1-3-5-9/h6-9H,1-5,13H2. The molecule has 1 aliphatic rings. The predicted octanol–water partition coefficient (Wildman–Crippen LogP) is 2.36. The third-order valence-corrected chi connectivity index (χ3v) is 3.44. The van der Waals surface area contributed by atoms with Crippen LogP contribution in [0, 0.1) is 0 Å². The van der Waals surface area contributed by atoms with Gasteiger partial charge in [0.1, 0.15) is 0 Å². The lowest BCUT2D eigenvalue weighted by atomic mass is 9.87. The van der Waals surface area contributed by atoms with Crippen LogP contribution in [0.1, 0.15) is 43.7 Å². The molecule has 4 heteroatoms. The smallest absolute Gasteiger partial charge is 0.234 e. The lowest BCUT2D eigenvalue weighted by molar-refractivity contribution is 0.435. The maximum Gasteiger partial charge on any atom is 0.234 e. The Morgan fingerprint density at radius 1 is 1.12 bits per heavy atom. The molecule has 3 rings (SSSR count). The summed E-state index contributed by atoms with van der Waals surface area (Å²) in [5.74, 6) is 1.39. The highest BCUT2D eigenvalue weighted by molar-refractivity contribution is 5.41. The fraction of sp³-hybridized carbons (Fsp3) is 0.500. The van der Waals surface area contributed by atoms with Gasteiger partial charge in [0.25, 0.3) is 0 Å². The average Bonchev–Trinajstić information content (AvgIpc) is 2.73. The summed E-state index contributed by atoms with van der Waals surface area (Å²) in [6.07, 6.45) is 12.1. The van der Waals surface area contributed by atoms with Gasteiger partial charge in [-0.05, 0) is 12.8 Å². The van der Waals surface area contributed by atoms with Crippen LogP contribution in [0.5, 0.6) is 0 Å². The van der Waals surface area contributed by atoms with Crippen molar-refractivity contribution >= 4 is 11.5 Å². The SMILES string of the molecule is Nc1cnc2ncc(C3CCCCC3)n2c1. The first kappa shape index (κ1) is 9.63. The van der Waals surface area contributed by atoms with E-state index < -0.39 is 0 Å². The van der Waals surface area contributed by atoms with Crippen molar-refractivity contribution in [1.29, 1.82) is 0 Å². The first-order valence-electron chi connectivity index (χ1n) is 5.93. The van der Waals surface area contributed by atoms with Gasteiger partial charge in [-0.25, -0.2) is 9.97 Å². The zero-order valence-electron chi connectivity index (χ0n) is 9.26. The molecule has 0 aliphatic heterocycles. The van der Waals surface area contributed by atoms with Gasteiger partial charge in [0.05, 0.1) is 18.1 Å². The van der Waals surface area contributed by atoms with Crippen LogP contribution in [0.15, 0.2) is 18.6 Å². The van der Waals surface area contributed by atoms with Crippen LogP contribution in [-0.2, 0) is 0 Å². The molecule has 2 heterocycles. The molecular formula is C12H16N4. The molecule has 0 radical (unpaired) electrons. The summed E-state index contributed by atoms with van der Waals surface area (Å²) < 4.78 is 2.05. The van der Waals surface area contributed by atoms with Crippen molar-refractivity contribution < 1.29 is 0 Å². The fourth-order valence-electron chi connectivity index (χ4n) is 2.61. The van der Waals surface area contributed by atoms with Crippen LogP contribution >= 0.6 is 0 Å². The van der Waals surface area contributed by atoms with Gasteiger partial charge in [0.2, 0.25) is 5.78 Å². The van der Waals surface area contributed by atoms with E-state index in [4.69, 9.17) is 5.73 Å². The summed E-state index contributed by atoms with van der Waals surface area (Å²) in [7, 11) is 0. The molecule has 0 atom stereocenters. The largest absolute Gasteiger partial charge is 0.396 e. The minimum Gasteiger partial charge on any atom is -0.396 e. The average molecular weight is 216 g/mol. The Hall–Kier alpha value is -1.58. The number of anilines is 1. The second-order valence-electron chi connectivity index (χ2n) is 4.58. The summed E-state index contributed by atoms with van der Waals surface area (Å²) in [6.45, 7) is 0. The molecule has 1 fully saturated rings. The van der Waals surface area contributed by atoms with Crippen LogP contribution in [0.2, 0.25) is 0 Å². The number of imidazole rings is 1. The minimum atomic E-state index is 0.632. The third kappa shape index (κ3) is 1.54. The molecule has 1 saturated carbocycles. The molecule has 84 valence electrons. The van der Waals surface area contributed by atoms with Crippen molar-refractivity contribution in [3.63, 3.8) is 0 Å². The van der Waals surface area contributed by atoms with Crippen molar-refractivity contribution in [3.8, 4) is 0 Å². The molecule has 0 unspecified atom stereocenters. The number of hydrogen-bond donors (Lipinski definition) is 1. The van der Waals surface area contributed by atoms with Gasteiger partial charge < -0.3 is 5.73 Å². The number of nitrogens with zero attached hydrogens (tertiary/aromatic N) is 3. The summed E-state index contributed by atoms with van der Waals surface area (Å²) >= 11 is 0. The molecule has 4 nitrogen and oxygen atoms in total. The molecule has 2 N–H and O–H groups in total. The van der Waals surface area contributed by atoms with E-state index in [-0.39, 0.29) is 0 Å². The van der Waals surface area contributed by atoms with Gasteiger partial charge in [-0.15, -0.1) is 0 Å². The van der Waals surface area contributed by atoms with Gasteiger partial charge in [0, 0.05) is 17.8 Å². The topological polar surface area (TPSA) is 56.2 Å². The van der Waals surface area contributed by atoms with Crippen LogP contribution in [-0.4, -0.2) is 14.4 Å². The monoisotopic (exact) mass is 216 g/mol. The first-order valence-corrected chi connectivity index (χ1v) is 5.93. The van der Waals surface area contributed by atoms with Crippen LogP contribution in [0.25, 0.3) is 5.78 Å². The number of aromatic nitrogens is 3. The van der Waals surface area contributed by atoms with Crippen molar-refractivity contribution in [1.82, 2.24) is 14.4 Å². The number of fused-ring (bicyclic) bond motifs is 1. The highest BCUT2D eigenvalue weighted by Crippen LogP contribution is 2.32. The van der Waals surface area contributed by atoms with E-state index >= 15 is 0 Å². The Labute approximate surface area is 94.5 Å². The fourth-order valence-corrected chi connectivity index (χ4v) is 2.61. The molecule has 0 spiro atoms. The van der Waals surface area contributed by atoms with Gasteiger partial charge in [-0.2, -0.15) is 0 Å². The summed E-state index contributed by atoms with van der Waals surface area (Å²) in [5, 5.41) is 0. The van der Waals surface area contributed by atoms with Crippen molar-refractivity contribution in [2.24, 2.45) is 0 Å². The second kappa shape index (κ2) is 3.77. The van der Waals surface area contributed by atoms with E-state index in [0.29, 0.717) is 11.6 Å². The molecule has 2 aromatic heterocycles. The molecule has 2 aromatic rings. The van der Waals surface area contributed by atoms with Gasteiger partial charge in [-0.1, -0.05) is 19.3 Å². The minimum absolute atomic E-state index is 0.632. The van der Waals surface area contributed by atoms with Crippen molar-refractivity contribution in [2.45, 2.75) is 38.0 Å². The zero-order chi connectivity index (χ0) is 11.0. The molecule has 16 heavy (non-hydrogen) atoms. The van der Waals surface area contributed by atoms with Crippen LogP contribution in [0.4, 0.5) is 5.69 Å². The lowest BCUT2D eigenvalue weighted by Crippen LogP contribution is -2.07. The van der Waals surface area contributed by atoms with Crippen LogP contribution < -0.4 is 5.73 Å². The number of nitrogen functional groups attached to an aromatic ring is 1. The van der Waals surface area contributed by atoms with E-state index in [9.17, 15) is 0 Å². The lowest BCUT2D eigenvalue weighted by Gasteiger charge is -2.20. The van der Waals surface area contributed by atoms with Crippen LogP contribution in [0.3, 0.4) is 0 Å². The summed E-state index contributed by atoms with van der Waals surface area (Å²) in [6, 6.07) is 0. The maximum atomic E-state index is 5.77.